The predicted molar refractivity (Wildman–Crippen MR) is 76.4 cm³/mol. The van der Waals surface area contributed by atoms with Gasteiger partial charge in [-0.15, -0.1) is 0 Å². The standard InChI is InChI=1S/C15H23Br/c1-12-7-5-6-8-14(12)13(11-16)9-10-15(2,3)4/h5-8,13H,9-11H2,1-4H3. The second-order valence-corrected chi connectivity index (χ2v) is 6.45. The minimum Gasteiger partial charge on any atom is -0.0921 e. The molecule has 0 N–H and O–H groups in total. The van der Waals surface area contributed by atoms with Gasteiger partial charge in [-0.25, -0.2) is 0 Å². The molecule has 16 heavy (non-hydrogen) atoms. The molecule has 1 aromatic rings. The molecule has 0 saturated heterocycles. The van der Waals surface area contributed by atoms with Crippen LogP contribution < -0.4 is 0 Å². The number of halogens is 1. The van der Waals surface area contributed by atoms with E-state index in [4.69, 9.17) is 0 Å². The summed E-state index contributed by atoms with van der Waals surface area (Å²) in [5.41, 5.74) is 3.35. The fourth-order valence-electron chi connectivity index (χ4n) is 1.97. The maximum atomic E-state index is 3.65. The van der Waals surface area contributed by atoms with Crippen molar-refractivity contribution in [3.05, 3.63) is 35.4 Å². The van der Waals surface area contributed by atoms with Crippen LogP contribution in [0.4, 0.5) is 0 Å². The zero-order chi connectivity index (χ0) is 12.2. The number of aryl methyl sites for hydroxylation is 1. The molecule has 1 aromatic carbocycles. The Balaban J connectivity index is 2.72. The molecule has 0 aromatic heterocycles. The zero-order valence-corrected chi connectivity index (χ0v) is 12.5. The minimum absolute atomic E-state index is 0.434. The van der Waals surface area contributed by atoms with Crippen molar-refractivity contribution in [3.63, 3.8) is 0 Å². The molecule has 0 amide bonds. The van der Waals surface area contributed by atoms with E-state index < -0.39 is 0 Å². The van der Waals surface area contributed by atoms with Crippen LogP contribution in [0.3, 0.4) is 0 Å². The first-order valence-electron chi connectivity index (χ1n) is 6.05. The number of hydrogen-bond acceptors (Lipinski definition) is 0. The van der Waals surface area contributed by atoms with Gasteiger partial charge in [0.05, 0.1) is 0 Å². The summed E-state index contributed by atoms with van der Waals surface area (Å²) in [6.45, 7) is 9.16. The first-order chi connectivity index (χ1) is 7.44. The molecule has 90 valence electrons. The predicted octanol–water partition coefficient (Wildman–Crippen LogP) is 5.30. The van der Waals surface area contributed by atoms with E-state index >= 15 is 0 Å². The quantitative estimate of drug-likeness (QED) is 0.658. The third-order valence-electron chi connectivity index (χ3n) is 3.06. The average molecular weight is 283 g/mol. The third kappa shape index (κ3) is 4.29. The maximum absolute atomic E-state index is 3.65. The highest BCUT2D eigenvalue weighted by Crippen LogP contribution is 2.31. The van der Waals surface area contributed by atoms with Crippen molar-refractivity contribution in [3.8, 4) is 0 Å². The summed E-state index contributed by atoms with van der Waals surface area (Å²) in [6, 6.07) is 8.75. The Bertz CT molecular complexity index is 322. The summed E-state index contributed by atoms with van der Waals surface area (Å²) in [6.07, 6.45) is 2.54. The highest BCUT2D eigenvalue weighted by Gasteiger charge is 2.17. The van der Waals surface area contributed by atoms with Gasteiger partial charge in [0.15, 0.2) is 0 Å². The molecule has 1 rings (SSSR count). The highest BCUT2D eigenvalue weighted by atomic mass is 79.9. The Morgan fingerprint density at radius 2 is 1.81 bits per heavy atom. The SMILES string of the molecule is Cc1ccccc1C(CBr)CCC(C)(C)C. The summed E-state index contributed by atoms with van der Waals surface area (Å²) in [5.74, 6) is 0.653. The van der Waals surface area contributed by atoms with Crippen molar-refractivity contribution < 1.29 is 0 Å². The number of alkyl halides is 1. The van der Waals surface area contributed by atoms with Gasteiger partial charge >= 0.3 is 0 Å². The smallest absolute Gasteiger partial charge is 0.0100 e. The number of benzene rings is 1. The summed E-state index contributed by atoms with van der Waals surface area (Å²) >= 11 is 3.65. The molecule has 0 spiro atoms. The molecule has 0 bridgehead atoms. The average Bonchev–Trinajstić information content (AvgIpc) is 2.20. The van der Waals surface area contributed by atoms with E-state index in [-0.39, 0.29) is 0 Å². The van der Waals surface area contributed by atoms with Crippen molar-refractivity contribution >= 4 is 15.9 Å². The lowest BCUT2D eigenvalue weighted by Crippen LogP contribution is -2.10. The highest BCUT2D eigenvalue weighted by molar-refractivity contribution is 9.09. The van der Waals surface area contributed by atoms with Crippen LogP contribution in [-0.2, 0) is 0 Å². The van der Waals surface area contributed by atoms with Gasteiger partial charge in [0.2, 0.25) is 0 Å². The molecule has 0 aliphatic rings. The molecule has 0 aliphatic carbocycles. The molecule has 0 nitrogen and oxygen atoms in total. The molecule has 1 atom stereocenters. The molecular formula is C15H23Br. The van der Waals surface area contributed by atoms with Gasteiger partial charge in [0.1, 0.15) is 0 Å². The molecule has 0 heterocycles. The van der Waals surface area contributed by atoms with Crippen LogP contribution in [-0.4, -0.2) is 5.33 Å². The second kappa shape index (κ2) is 5.86. The maximum Gasteiger partial charge on any atom is 0.0100 e. The van der Waals surface area contributed by atoms with E-state index in [1.54, 1.807) is 0 Å². The number of rotatable bonds is 4. The van der Waals surface area contributed by atoms with Gasteiger partial charge in [0, 0.05) is 5.33 Å². The van der Waals surface area contributed by atoms with E-state index in [2.05, 4.69) is 67.9 Å². The molecule has 1 unspecified atom stereocenters. The van der Waals surface area contributed by atoms with E-state index in [1.165, 1.54) is 24.0 Å². The Morgan fingerprint density at radius 3 is 2.31 bits per heavy atom. The molecular weight excluding hydrogens is 260 g/mol. The summed E-state index contributed by atoms with van der Waals surface area (Å²) < 4.78 is 0. The fraction of sp³-hybridized carbons (Fsp3) is 0.600. The lowest BCUT2D eigenvalue weighted by Gasteiger charge is -2.23. The van der Waals surface area contributed by atoms with Crippen molar-refractivity contribution in [2.24, 2.45) is 5.41 Å². The zero-order valence-electron chi connectivity index (χ0n) is 10.9. The molecule has 0 radical (unpaired) electrons. The summed E-state index contributed by atoms with van der Waals surface area (Å²) in [4.78, 5) is 0. The Morgan fingerprint density at radius 1 is 1.19 bits per heavy atom. The first-order valence-corrected chi connectivity index (χ1v) is 7.17. The van der Waals surface area contributed by atoms with E-state index in [9.17, 15) is 0 Å². The lowest BCUT2D eigenvalue weighted by molar-refractivity contribution is 0.354. The molecule has 1 heteroatoms. The monoisotopic (exact) mass is 282 g/mol. The van der Waals surface area contributed by atoms with E-state index in [0.717, 1.165) is 5.33 Å². The van der Waals surface area contributed by atoms with E-state index in [1.807, 2.05) is 0 Å². The van der Waals surface area contributed by atoms with Crippen LogP contribution >= 0.6 is 15.9 Å². The van der Waals surface area contributed by atoms with Gasteiger partial charge in [-0.2, -0.15) is 0 Å². The van der Waals surface area contributed by atoms with Crippen molar-refractivity contribution in [1.29, 1.82) is 0 Å². The number of hydrogen-bond donors (Lipinski definition) is 0. The summed E-state index contributed by atoms with van der Waals surface area (Å²) in [7, 11) is 0. The van der Waals surface area contributed by atoms with Crippen molar-refractivity contribution in [2.75, 3.05) is 5.33 Å². The van der Waals surface area contributed by atoms with Crippen LogP contribution in [0.15, 0.2) is 24.3 Å². The Kier molecular flexibility index (Phi) is 5.04. The van der Waals surface area contributed by atoms with Gasteiger partial charge in [-0.1, -0.05) is 61.0 Å². The van der Waals surface area contributed by atoms with Crippen LogP contribution in [0.5, 0.6) is 0 Å². The van der Waals surface area contributed by atoms with Crippen molar-refractivity contribution in [1.82, 2.24) is 0 Å². The van der Waals surface area contributed by atoms with Crippen molar-refractivity contribution in [2.45, 2.75) is 46.5 Å². The van der Waals surface area contributed by atoms with Gasteiger partial charge in [-0.05, 0) is 42.2 Å². The van der Waals surface area contributed by atoms with E-state index in [0.29, 0.717) is 11.3 Å². The lowest BCUT2D eigenvalue weighted by atomic mass is 9.84. The van der Waals surface area contributed by atoms with Gasteiger partial charge in [0.25, 0.3) is 0 Å². The summed E-state index contributed by atoms with van der Waals surface area (Å²) in [5, 5.41) is 1.06. The molecule has 0 aliphatic heterocycles. The topological polar surface area (TPSA) is 0 Å². The third-order valence-corrected chi connectivity index (χ3v) is 3.84. The minimum atomic E-state index is 0.434. The second-order valence-electron chi connectivity index (χ2n) is 5.81. The molecule has 0 saturated carbocycles. The molecule has 0 fully saturated rings. The van der Waals surface area contributed by atoms with Crippen LogP contribution in [0, 0.1) is 12.3 Å². The van der Waals surface area contributed by atoms with Crippen LogP contribution in [0.25, 0.3) is 0 Å². The van der Waals surface area contributed by atoms with Gasteiger partial charge < -0.3 is 0 Å². The first kappa shape index (κ1) is 13.8. The van der Waals surface area contributed by atoms with Gasteiger partial charge in [-0.3, -0.25) is 0 Å². The van der Waals surface area contributed by atoms with Crippen LogP contribution in [0.2, 0.25) is 0 Å². The van der Waals surface area contributed by atoms with Crippen LogP contribution in [0.1, 0.15) is 50.7 Å². The normalized spacial score (nSPS) is 13.8. The Labute approximate surface area is 109 Å². The fourth-order valence-corrected chi connectivity index (χ4v) is 2.64. The Hall–Kier alpha value is -0.300. The largest absolute Gasteiger partial charge is 0.0921 e.